The molecule has 17 heavy (non-hydrogen) atoms. The van der Waals surface area contributed by atoms with Crippen molar-refractivity contribution in [1.82, 2.24) is 0 Å². The summed E-state index contributed by atoms with van der Waals surface area (Å²) >= 11 is 0. The van der Waals surface area contributed by atoms with E-state index in [0.717, 1.165) is 11.3 Å². The van der Waals surface area contributed by atoms with Gasteiger partial charge in [0.05, 0.1) is 7.11 Å². The molecule has 3 heteroatoms. The molecular formula is C14H20O3. The summed E-state index contributed by atoms with van der Waals surface area (Å²) in [5.74, 6) is 1.21. The Kier molecular flexibility index (Phi) is 5.16. The third-order valence-corrected chi connectivity index (χ3v) is 2.74. The van der Waals surface area contributed by atoms with Gasteiger partial charge in [-0.3, -0.25) is 4.79 Å². The molecule has 0 bridgehead atoms. The number of Topliss-reactive ketones (excluding diaryl/α,β-unsaturated/α-hetero) is 1. The first-order valence-corrected chi connectivity index (χ1v) is 5.92. The minimum Gasteiger partial charge on any atom is -0.496 e. The highest BCUT2D eigenvalue weighted by Gasteiger charge is 2.12. The first-order chi connectivity index (χ1) is 8.10. The third kappa shape index (κ3) is 3.56. The van der Waals surface area contributed by atoms with Crippen LogP contribution in [0.3, 0.4) is 0 Å². The van der Waals surface area contributed by atoms with Crippen LogP contribution in [0.15, 0.2) is 18.2 Å². The van der Waals surface area contributed by atoms with Crippen LogP contribution in [-0.4, -0.2) is 24.6 Å². The Morgan fingerprint density at radius 3 is 2.65 bits per heavy atom. The van der Waals surface area contributed by atoms with E-state index in [4.69, 9.17) is 9.84 Å². The number of aliphatic hydroxyl groups is 1. The van der Waals surface area contributed by atoms with E-state index >= 15 is 0 Å². The van der Waals surface area contributed by atoms with Gasteiger partial charge in [-0.25, -0.2) is 0 Å². The number of hydrogen-bond acceptors (Lipinski definition) is 3. The van der Waals surface area contributed by atoms with Crippen LogP contribution in [-0.2, 0) is 0 Å². The van der Waals surface area contributed by atoms with Gasteiger partial charge in [0.1, 0.15) is 5.75 Å². The van der Waals surface area contributed by atoms with Crippen molar-refractivity contribution in [3.8, 4) is 5.75 Å². The van der Waals surface area contributed by atoms with Crippen LogP contribution in [0.1, 0.15) is 48.5 Å². The zero-order valence-electron chi connectivity index (χ0n) is 10.7. The number of ketones is 1. The highest BCUT2D eigenvalue weighted by Crippen LogP contribution is 2.27. The lowest BCUT2D eigenvalue weighted by atomic mass is 9.97. The molecule has 0 aliphatic heterocycles. The van der Waals surface area contributed by atoms with Gasteiger partial charge in [0.2, 0.25) is 0 Å². The lowest BCUT2D eigenvalue weighted by Crippen LogP contribution is -2.03. The topological polar surface area (TPSA) is 46.5 Å². The van der Waals surface area contributed by atoms with E-state index in [1.807, 2.05) is 12.1 Å². The van der Waals surface area contributed by atoms with Gasteiger partial charge in [-0.05, 0) is 36.1 Å². The second-order valence-corrected chi connectivity index (χ2v) is 4.36. The van der Waals surface area contributed by atoms with E-state index in [-0.39, 0.29) is 12.4 Å². The van der Waals surface area contributed by atoms with Crippen LogP contribution >= 0.6 is 0 Å². The fourth-order valence-electron chi connectivity index (χ4n) is 1.74. The number of ether oxygens (including phenoxy) is 1. The van der Waals surface area contributed by atoms with Crippen molar-refractivity contribution in [2.24, 2.45) is 0 Å². The summed E-state index contributed by atoms with van der Waals surface area (Å²) in [5.41, 5.74) is 1.74. The molecule has 0 saturated heterocycles. The van der Waals surface area contributed by atoms with E-state index in [0.29, 0.717) is 24.3 Å². The Hall–Kier alpha value is -1.35. The van der Waals surface area contributed by atoms with Gasteiger partial charge in [-0.1, -0.05) is 13.8 Å². The van der Waals surface area contributed by atoms with E-state index in [2.05, 4.69) is 13.8 Å². The molecule has 0 fully saturated rings. The predicted molar refractivity (Wildman–Crippen MR) is 67.7 cm³/mol. The minimum absolute atomic E-state index is 0.0545. The summed E-state index contributed by atoms with van der Waals surface area (Å²) < 4.78 is 5.27. The van der Waals surface area contributed by atoms with E-state index < -0.39 is 0 Å². The first-order valence-electron chi connectivity index (χ1n) is 5.92. The van der Waals surface area contributed by atoms with Crippen molar-refractivity contribution >= 4 is 5.78 Å². The van der Waals surface area contributed by atoms with E-state index in [1.54, 1.807) is 13.2 Å². The fourth-order valence-corrected chi connectivity index (χ4v) is 1.74. The average Bonchev–Trinajstić information content (AvgIpc) is 2.34. The quantitative estimate of drug-likeness (QED) is 0.772. The molecule has 1 aromatic carbocycles. The van der Waals surface area contributed by atoms with Crippen LogP contribution < -0.4 is 4.74 Å². The van der Waals surface area contributed by atoms with E-state index in [1.165, 1.54) is 0 Å². The molecule has 0 amide bonds. The zero-order valence-corrected chi connectivity index (χ0v) is 10.7. The highest BCUT2D eigenvalue weighted by molar-refractivity contribution is 5.96. The molecule has 0 aliphatic rings. The predicted octanol–water partition coefficient (Wildman–Crippen LogP) is 2.77. The van der Waals surface area contributed by atoms with Gasteiger partial charge in [-0.15, -0.1) is 0 Å². The highest BCUT2D eigenvalue weighted by atomic mass is 16.5. The van der Waals surface area contributed by atoms with Gasteiger partial charge in [0, 0.05) is 18.6 Å². The Morgan fingerprint density at radius 2 is 2.12 bits per heavy atom. The van der Waals surface area contributed by atoms with Crippen molar-refractivity contribution in [3.63, 3.8) is 0 Å². The van der Waals surface area contributed by atoms with Crippen molar-refractivity contribution in [1.29, 1.82) is 0 Å². The summed E-state index contributed by atoms with van der Waals surface area (Å²) in [6, 6.07) is 5.51. The summed E-state index contributed by atoms with van der Waals surface area (Å²) in [7, 11) is 1.63. The summed E-state index contributed by atoms with van der Waals surface area (Å²) in [4.78, 5) is 11.8. The number of carbonyl (C=O) groups is 1. The average molecular weight is 236 g/mol. The molecule has 0 atom stereocenters. The molecule has 3 nitrogen and oxygen atoms in total. The molecule has 1 aromatic rings. The summed E-state index contributed by atoms with van der Waals surface area (Å²) in [6.07, 6.45) is 0.905. The third-order valence-electron chi connectivity index (χ3n) is 2.74. The molecule has 0 spiro atoms. The molecule has 0 radical (unpaired) electrons. The first kappa shape index (κ1) is 13.7. The van der Waals surface area contributed by atoms with Crippen molar-refractivity contribution in [2.45, 2.75) is 32.6 Å². The number of benzene rings is 1. The minimum atomic E-state index is 0.0545. The monoisotopic (exact) mass is 236 g/mol. The molecular weight excluding hydrogens is 216 g/mol. The molecule has 1 N–H and O–H groups in total. The van der Waals surface area contributed by atoms with Crippen molar-refractivity contribution in [3.05, 3.63) is 29.3 Å². The van der Waals surface area contributed by atoms with Crippen LogP contribution in [0.4, 0.5) is 0 Å². The molecule has 0 saturated carbocycles. The number of carbonyl (C=O) groups excluding carboxylic acids is 1. The van der Waals surface area contributed by atoms with Crippen molar-refractivity contribution < 1.29 is 14.6 Å². The van der Waals surface area contributed by atoms with Crippen LogP contribution in [0, 0.1) is 0 Å². The zero-order chi connectivity index (χ0) is 12.8. The standard InChI is InChI=1S/C14H20O3/c1-10(2)12-9-11(6-7-14(12)17-3)13(16)5-4-8-15/h6-7,9-10,15H,4-5,8H2,1-3H3. The summed E-state index contributed by atoms with van der Waals surface area (Å²) in [5, 5.41) is 8.71. The Morgan fingerprint density at radius 1 is 1.41 bits per heavy atom. The van der Waals surface area contributed by atoms with E-state index in [9.17, 15) is 4.79 Å². The van der Waals surface area contributed by atoms with Crippen LogP contribution in [0.5, 0.6) is 5.75 Å². The van der Waals surface area contributed by atoms with Crippen LogP contribution in [0.2, 0.25) is 0 Å². The molecule has 0 heterocycles. The number of hydrogen-bond donors (Lipinski definition) is 1. The number of methoxy groups -OCH3 is 1. The molecule has 0 unspecified atom stereocenters. The SMILES string of the molecule is COc1ccc(C(=O)CCCO)cc1C(C)C. The normalized spacial score (nSPS) is 10.6. The number of rotatable bonds is 6. The number of aliphatic hydroxyl groups excluding tert-OH is 1. The maximum absolute atomic E-state index is 11.8. The smallest absolute Gasteiger partial charge is 0.162 e. The van der Waals surface area contributed by atoms with Crippen LogP contribution in [0.25, 0.3) is 0 Å². The second kappa shape index (κ2) is 6.40. The molecule has 94 valence electrons. The maximum Gasteiger partial charge on any atom is 0.162 e. The fraction of sp³-hybridized carbons (Fsp3) is 0.500. The maximum atomic E-state index is 11.8. The second-order valence-electron chi connectivity index (χ2n) is 4.36. The Bertz CT molecular complexity index is 383. The van der Waals surface area contributed by atoms with Gasteiger partial charge < -0.3 is 9.84 Å². The Labute approximate surface area is 102 Å². The molecule has 0 aromatic heterocycles. The van der Waals surface area contributed by atoms with Gasteiger partial charge in [0.15, 0.2) is 5.78 Å². The largest absolute Gasteiger partial charge is 0.496 e. The van der Waals surface area contributed by atoms with Gasteiger partial charge in [-0.2, -0.15) is 0 Å². The lowest BCUT2D eigenvalue weighted by Gasteiger charge is -2.13. The lowest BCUT2D eigenvalue weighted by molar-refractivity contribution is 0.0971. The van der Waals surface area contributed by atoms with Crippen molar-refractivity contribution in [2.75, 3.05) is 13.7 Å². The summed E-state index contributed by atoms with van der Waals surface area (Å²) in [6.45, 7) is 4.19. The molecule has 0 aliphatic carbocycles. The van der Waals surface area contributed by atoms with Gasteiger partial charge >= 0.3 is 0 Å². The van der Waals surface area contributed by atoms with Gasteiger partial charge in [0.25, 0.3) is 0 Å². The Balaban J connectivity index is 2.95. The molecule has 1 rings (SSSR count).